The molecule has 0 bridgehead atoms. The van der Waals surface area contributed by atoms with E-state index in [1.54, 1.807) is 12.1 Å². The van der Waals surface area contributed by atoms with Gasteiger partial charge >= 0.3 is 0 Å². The Hall–Kier alpha value is -2.47. The van der Waals surface area contributed by atoms with Crippen LogP contribution in [-0.4, -0.2) is 16.5 Å². The predicted molar refractivity (Wildman–Crippen MR) is 128 cm³/mol. The molecule has 0 aliphatic rings. The maximum atomic E-state index is 13.6. The number of aryl methyl sites for hydroxylation is 1. The van der Waals surface area contributed by atoms with E-state index in [0.717, 1.165) is 11.1 Å². The van der Waals surface area contributed by atoms with E-state index < -0.39 is 23.3 Å². The third-order valence-electron chi connectivity index (χ3n) is 5.92. The Morgan fingerprint density at radius 3 is 1.97 bits per heavy atom. The largest absolute Gasteiger partial charge is 0.241 e. The fourth-order valence-electron chi connectivity index (χ4n) is 4.01. The van der Waals surface area contributed by atoms with E-state index in [-0.39, 0.29) is 4.90 Å². The Morgan fingerprint density at radius 1 is 0.900 bits per heavy atom. The van der Waals surface area contributed by atoms with Gasteiger partial charge in [-0.25, -0.2) is 13.1 Å². The van der Waals surface area contributed by atoms with Crippen LogP contribution in [0.25, 0.3) is 0 Å². The lowest BCUT2D eigenvalue weighted by Gasteiger charge is -2.46. The summed E-state index contributed by atoms with van der Waals surface area (Å²) in [6, 6.07) is 27.1. The predicted octanol–water partition coefficient (Wildman–Crippen LogP) is 4.90. The van der Waals surface area contributed by atoms with Crippen LogP contribution in [0.15, 0.2) is 102 Å². The number of nitrogens with one attached hydrogen (secondary N) is 1. The van der Waals surface area contributed by atoms with Gasteiger partial charge in [0.2, 0.25) is 10.0 Å². The van der Waals surface area contributed by atoms with Crippen molar-refractivity contribution in [3.63, 3.8) is 0 Å². The number of hydrogen-bond acceptors (Lipinski definition) is 2. The molecule has 3 aromatic rings. The number of sulfonamides is 1. The molecule has 30 heavy (non-hydrogen) atoms. The second kappa shape index (κ2) is 8.72. The van der Waals surface area contributed by atoms with Gasteiger partial charge in [0.15, 0.2) is 0 Å². The molecule has 0 fully saturated rings. The molecule has 0 radical (unpaired) electrons. The van der Waals surface area contributed by atoms with Crippen molar-refractivity contribution in [2.45, 2.75) is 36.5 Å². The number of rotatable bonds is 8. The highest BCUT2D eigenvalue weighted by Crippen LogP contribution is 2.37. The molecule has 3 aromatic carbocycles. The van der Waals surface area contributed by atoms with Crippen molar-refractivity contribution in [3.8, 4) is 0 Å². The minimum absolute atomic E-state index is 0.273. The highest BCUT2D eigenvalue weighted by molar-refractivity contribution is 7.89. The highest BCUT2D eigenvalue weighted by atomic mass is 32.2. The molecular weight excluding hydrogens is 406 g/mol. The lowest BCUT2D eigenvalue weighted by atomic mass is 10.0. The van der Waals surface area contributed by atoms with E-state index >= 15 is 0 Å². The van der Waals surface area contributed by atoms with Gasteiger partial charge in [0.05, 0.1) is 10.1 Å². The summed E-state index contributed by atoms with van der Waals surface area (Å²) in [7, 11) is -6.20. The molecule has 3 rings (SSSR count). The normalized spacial score (nSPS) is 14.1. The summed E-state index contributed by atoms with van der Waals surface area (Å²) < 4.78 is 30.3. The summed E-state index contributed by atoms with van der Waals surface area (Å²) in [6.07, 6.45) is 2.32. The molecule has 0 aliphatic carbocycles. The third-order valence-corrected chi connectivity index (χ3v) is 12.1. The van der Waals surface area contributed by atoms with Gasteiger partial charge < -0.3 is 0 Å². The fraction of sp³-hybridized carbons (Fsp3) is 0.200. The molecule has 1 atom stereocenters. The van der Waals surface area contributed by atoms with Crippen molar-refractivity contribution in [3.05, 3.63) is 109 Å². The lowest BCUT2D eigenvalue weighted by Crippen LogP contribution is -2.67. The van der Waals surface area contributed by atoms with Gasteiger partial charge in [0.1, 0.15) is 8.07 Å². The van der Waals surface area contributed by atoms with Crippen molar-refractivity contribution in [1.29, 1.82) is 0 Å². The van der Waals surface area contributed by atoms with Crippen LogP contribution in [0, 0.1) is 6.92 Å². The zero-order valence-electron chi connectivity index (χ0n) is 17.8. The van der Waals surface area contributed by atoms with Crippen LogP contribution in [0.3, 0.4) is 0 Å². The summed E-state index contributed by atoms with van der Waals surface area (Å²) in [5.41, 5.74) is 1.98. The molecule has 0 aliphatic heterocycles. The van der Waals surface area contributed by atoms with Gasteiger partial charge in [-0.15, -0.1) is 6.58 Å². The SMILES string of the molecule is C=CCC(NS(=O)(=O)c1ccc(C)cc1)(c1ccccc1)[Si](C)(C)c1ccccc1. The minimum Gasteiger partial charge on any atom is -0.207 e. The number of benzene rings is 3. The molecule has 0 heterocycles. The van der Waals surface area contributed by atoms with Crippen molar-refractivity contribution in [2.24, 2.45) is 0 Å². The van der Waals surface area contributed by atoms with Gasteiger partial charge in [-0.05, 0) is 31.0 Å². The van der Waals surface area contributed by atoms with E-state index in [0.29, 0.717) is 6.42 Å². The van der Waals surface area contributed by atoms with Crippen molar-refractivity contribution in [2.75, 3.05) is 0 Å². The zero-order valence-corrected chi connectivity index (χ0v) is 19.6. The van der Waals surface area contributed by atoms with Crippen molar-refractivity contribution in [1.82, 2.24) is 4.72 Å². The molecule has 0 aromatic heterocycles. The minimum atomic E-state index is -3.76. The molecule has 3 nitrogen and oxygen atoms in total. The summed E-state index contributed by atoms with van der Waals surface area (Å²) in [4.78, 5) is 0.273. The van der Waals surface area contributed by atoms with E-state index in [2.05, 4.69) is 36.5 Å². The summed E-state index contributed by atoms with van der Waals surface area (Å²) in [5, 5.41) is 0.392. The maximum Gasteiger partial charge on any atom is 0.241 e. The first kappa shape index (κ1) is 22.2. The zero-order chi connectivity index (χ0) is 21.8. The van der Waals surface area contributed by atoms with Crippen LogP contribution in [0.1, 0.15) is 17.5 Å². The van der Waals surface area contributed by atoms with Crippen LogP contribution >= 0.6 is 0 Å². The van der Waals surface area contributed by atoms with E-state index in [1.807, 2.05) is 73.7 Å². The summed E-state index contributed by atoms with van der Waals surface area (Å²) in [6.45, 7) is 10.4. The molecular formula is C25H29NO2SSi. The van der Waals surface area contributed by atoms with Gasteiger partial charge in [-0.2, -0.15) is 0 Å². The molecule has 1 unspecified atom stereocenters. The molecule has 0 amide bonds. The Labute approximate surface area is 181 Å². The Kier molecular flexibility index (Phi) is 6.46. The monoisotopic (exact) mass is 435 g/mol. The second-order valence-corrected chi connectivity index (χ2v) is 14.5. The summed E-state index contributed by atoms with van der Waals surface area (Å²) >= 11 is 0. The lowest BCUT2D eigenvalue weighted by molar-refractivity contribution is 0.514. The first-order valence-corrected chi connectivity index (χ1v) is 14.5. The molecule has 0 spiro atoms. The topological polar surface area (TPSA) is 46.2 Å². The Bertz CT molecular complexity index is 1090. The highest BCUT2D eigenvalue weighted by Gasteiger charge is 2.50. The Balaban J connectivity index is 2.23. The fourth-order valence-corrected chi connectivity index (χ4v) is 9.77. The molecule has 1 N–H and O–H groups in total. The first-order chi connectivity index (χ1) is 14.2. The molecule has 0 saturated heterocycles. The van der Waals surface area contributed by atoms with Gasteiger partial charge in [-0.3, -0.25) is 0 Å². The average Bonchev–Trinajstić information content (AvgIpc) is 2.74. The third kappa shape index (κ3) is 4.19. The second-order valence-electron chi connectivity index (χ2n) is 8.17. The smallest absolute Gasteiger partial charge is 0.207 e. The Morgan fingerprint density at radius 2 is 1.43 bits per heavy atom. The van der Waals surface area contributed by atoms with Gasteiger partial charge in [0.25, 0.3) is 0 Å². The molecule has 156 valence electrons. The van der Waals surface area contributed by atoms with Crippen molar-refractivity contribution < 1.29 is 8.42 Å². The van der Waals surface area contributed by atoms with Crippen molar-refractivity contribution >= 4 is 23.3 Å². The maximum absolute atomic E-state index is 13.6. The van der Waals surface area contributed by atoms with Crippen LogP contribution in [0.5, 0.6) is 0 Å². The van der Waals surface area contributed by atoms with Crippen LogP contribution in [0.2, 0.25) is 13.1 Å². The van der Waals surface area contributed by atoms with Crippen LogP contribution < -0.4 is 9.91 Å². The molecule has 0 saturated carbocycles. The average molecular weight is 436 g/mol. The standard InChI is InChI=1S/C25H29NO2SSi/c1-5-20-25(22-12-8-6-9-13-22,30(3,4)24-14-10-7-11-15-24)26-29(27,28)23-18-16-21(2)17-19-23/h5-19,26H,1,20H2,2-4H3. The first-order valence-electron chi connectivity index (χ1n) is 10.1. The quantitative estimate of drug-likeness (QED) is 0.404. The molecule has 5 heteroatoms. The van der Waals surface area contributed by atoms with Crippen LogP contribution in [-0.2, 0) is 15.2 Å². The van der Waals surface area contributed by atoms with Gasteiger partial charge in [-0.1, -0.05) is 103 Å². The van der Waals surface area contributed by atoms with Gasteiger partial charge in [0, 0.05) is 0 Å². The number of hydrogen-bond donors (Lipinski definition) is 1. The summed E-state index contributed by atoms with van der Waals surface area (Å²) in [5.74, 6) is 0. The van der Waals surface area contributed by atoms with Crippen LogP contribution in [0.4, 0.5) is 0 Å². The van der Waals surface area contributed by atoms with E-state index in [1.165, 1.54) is 5.19 Å². The van der Waals surface area contributed by atoms with E-state index in [4.69, 9.17) is 0 Å². The van der Waals surface area contributed by atoms with E-state index in [9.17, 15) is 8.42 Å².